The predicted molar refractivity (Wildman–Crippen MR) is 112 cm³/mol. The molecule has 0 aliphatic rings. The first-order valence-corrected chi connectivity index (χ1v) is 9.79. The van der Waals surface area contributed by atoms with Gasteiger partial charge < -0.3 is 10.2 Å². The number of rotatable bonds is 8. The van der Waals surface area contributed by atoms with Crippen molar-refractivity contribution in [1.82, 2.24) is 14.3 Å². The number of nitriles is 1. The molecule has 27 heavy (non-hydrogen) atoms. The Morgan fingerprint density at radius 2 is 2.00 bits per heavy atom. The third kappa shape index (κ3) is 3.77. The van der Waals surface area contributed by atoms with E-state index >= 15 is 0 Å². The van der Waals surface area contributed by atoms with Gasteiger partial charge in [0.1, 0.15) is 11.9 Å². The molecule has 3 rings (SSSR count). The van der Waals surface area contributed by atoms with Crippen molar-refractivity contribution in [3.05, 3.63) is 41.0 Å². The molecule has 0 saturated carbocycles. The average molecular weight is 364 g/mol. The lowest BCUT2D eigenvalue weighted by Gasteiger charge is -2.19. The zero-order chi connectivity index (χ0) is 19.4. The number of hydrogen-bond donors (Lipinski definition) is 1. The van der Waals surface area contributed by atoms with Crippen LogP contribution in [0.5, 0.6) is 0 Å². The average Bonchev–Trinajstić information content (AvgIpc) is 3.03. The van der Waals surface area contributed by atoms with E-state index in [-0.39, 0.29) is 0 Å². The fourth-order valence-corrected chi connectivity index (χ4v) is 3.63. The van der Waals surface area contributed by atoms with Crippen molar-refractivity contribution in [2.24, 2.45) is 0 Å². The number of hydrogen-bond acceptors (Lipinski definition) is 4. The number of nitrogens with one attached hydrogen (secondary N) is 1. The normalized spacial score (nSPS) is 11.4. The second-order valence-electron chi connectivity index (χ2n) is 7.39. The van der Waals surface area contributed by atoms with Gasteiger partial charge in [0.2, 0.25) is 0 Å². The number of fused-ring (bicyclic) bond motifs is 3. The van der Waals surface area contributed by atoms with E-state index in [1.807, 2.05) is 18.2 Å². The maximum atomic E-state index is 9.83. The summed E-state index contributed by atoms with van der Waals surface area (Å²) in [6, 6.07) is 10.5. The van der Waals surface area contributed by atoms with Crippen LogP contribution in [0.3, 0.4) is 0 Å². The maximum Gasteiger partial charge on any atom is 0.157 e. The minimum atomic E-state index is 0.691. The number of imidazole rings is 1. The lowest BCUT2D eigenvalue weighted by molar-refractivity contribution is 0.405. The van der Waals surface area contributed by atoms with Gasteiger partial charge in [0.25, 0.3) is 0 Å². The fraction of sp³-hybridized carbons (Fsp3) is 0.455. The molecule has 0 amide bonds. The van der Waals surface area contributed by atoms with E-state index < -0.39 is 0 Å². The van der Waals surface area contributed by atoms with Crippen LogP contribution >= 0.6 is 0 Å². The van der Waals surface area contributed by atoms with Crippen LogP contribution in [0.25, 0.3) is 16.7 Å². The highest BCUT2D eigenvalue weighted by Gasteiger charge is 2.20. The number of pyridine rings is 1. The van der Waals surface area contributed by atoms with E-state index in [0.29, 0.717) is 5.56 Å². The zero-order valence-corrected chi connectivity index (χ0v) is 16.8. The highest BCUT2D eigenvalue weighted by Crippen LogP contribution is 2.31. The van der Waals surface area contributed by atoms with Crippen molar-refractivity contribution in [2.45, 2.75) is 39.5 Å². The number of anilines is 1. The van der Waals surface area contributed by atoms with Crippen LogP contribution in [0.15, 0.2) is 24.3 Å². The summed E-state index contributed by atoms with van der Waals surface area (Å²) in [7, 11) is 4.19. The van der Waals surface area contributed by atoms with Crippen LogP contribution in [0.4, 0.5) is 5.82 Å². The highest BCUT2D eigenvalue weighted by molar-refractivity contribution is 5.86. The van der Waals surface area contributed by atoms with E-state index in [1.165, 1.54) is 5.56 Å². The summed E-state index contributed by atoms with van der Waals surface area (Å²) in [6.07, 6.45) is 4.27. The van der Waals surface area contributed by atoms with Gasteiger partial charge in [0, 0.05) is 6.54 Å². The Hall–Kier alpha value is -2.58. The molecular formula is C22H29N5. The molecule has 5 nitrogen and oxygen atoms in total. The Labute approximate surface area is 161 Å². The molecule has 5 heteroatoms. The zero-order valence-electron chi connectivity index (χ0n) is 16.8. The molecule has 3 aromatic rings. The van der Waals surface area contributed by atoms with Gasteiger partial charge >= 0.3 is 0 Å². The van der Waals surface area contributed by atoms with Crippen LogP contribution in [0, 0.1) is 18.3 Å². The first-order chi connectivity index (χ1) is 13.1. The fourth-order valence-electron chi connectivity index (χ4n) is 3.63. The Kier molecular flexibility index (Phi) is 5.98. The Morgan fingerprint density at radius 3 is 2.70 bits per heavy atom. The molecule has 0 atom stereocenters. The molecule has 2 aromatic heterocycles. The van der Waals surface area contributed by atoms with E-state index in [1.54, 1.807) is 0 Å². The Morgan fingerprint density at radius 1 is 1.22 bits per heavy atom. The van der Waals surface area contributed by atoms with Crippen LogP contribution in [0.2, 0.25) is 0 Å². The van der Waals surface area contributed by atoms with Crippen molar-refractivity contribution in [1.29, 1.82) is 5.26 Å². The van der Waals surface area contributed by atoms with Crippen molar-refractivity contribution in [3.8, 4) is 6.07 Å². The molecule has 0 radical (unpaired) electrons. The van der Waals surface area contributed by atoms with E-state index in [2.05, 4.69) is 54.7 Å². The number of nitrogens with zero attached hydrogens (tertiary/aromatic N) is 4. The predicted octanol–water partition coefficient (Wildman–Crippen LogP) is 4.37. The third-order valence-electron chi connectivity index (χ3n) is 5.09. The van der Waals surface area contributed by atoms with E-state index in [0.717, 1.165) is 66.8 Å². The summed E-state index contributed by atoms with van der Waals surface area (Å²) < 4.78 is 2.15. The van der Waals surface area contributed by atoms with Gasteiger partial charge in [0.15, 0.2) is 5.65 Å². The Bertz CT molecular complexity index is 978. The van der Waals surface area contributed by atoms with Crippen molar-refractivity contribution >= 4 is 22.5 Å². The minimum Gasteiger partial charge on any atom is -0.371 e. The summed E-state index contributed by atoms with van der Waals surface area (Å²) >= 11 is 0. The summed E-state index contributed by atoms with van der Waals surface area (Å²) in [6.45, 7) is 6.20. The molecule has 0 bridgehead atoms. The Balaban J connectivity index is 2.19. The lowest BCUT2D eigenvalue weighted by Crippen LogP contribution is -2.18. The molecule has 0 aliphatic heterocycles. The van der Waals surface area contributed by atoms with Crippen molar-refractivity contribution in [3.63, 3.8) is 0 Å². The van der Waals surface area contributed by atoms with Crippen molar-refractivity contribution < 1.29 is 0 Å². The third-order valence-corrected chi connectivity index (χ3v) is 5.09. The largest absolute Gasteiger partial charge is 0.371 e. The molecular weight excluding hydrogens is 334 g/mol. The second-order valence-corrected chi connectivity index (χ2v) is 7.39. The van der Waals surface area contributed by atoms with Gasteiger partial charge in [-0.2, -0.15) is 5.26 Å². The number of benzene rings is 1. The highest BCUT2D eigenvalue weighted by atomic mass is 15.1. The summed E-state index contributed by atoms with van der Waals surface area (Å²) in [5, 5.41) is 13.5. The smallest absolute Gasteiger partial charge is 0.157 e. The number of para-hydroxylation sites is 2. The first-order valence-electron chi connectivity index (χ1n) is 9.79. The number of aromatic nitrogens is 2. The van der Waals surface area contributed by atoms with E-state index in [4.69, 9.17) is 4.98 Å². The second kappa shape index (κ2) is 8.41. The first kappa shape index (κ1) is 19.2. The molecule has 0 aliphatic carbocycles. The molecule has 0 saturated heterocycles. The number of unbranched alkanes of at least 4 members (excludes halogenated alkanes) is 1. The van der Waals surface area contributed by atoms with Crippen LogP contribution < -0.4 is 5.32 Å². The van der Waals surface area contributed by atoms with Crippen LogP contribution in [-0.2, 0) is 6.42 Å². The molecule has 0 fully saturated rings. The van der Waals surface area contributed by atoms with Gasteiger partial charge in [-0.25, -0.2) is 4.98 Å². The molecule has 1 N–H and O–H groups in total. The molecule has 0 unspecified atom stereocenters. The van der Waals surface area contributed by atoms with Crippen LogP contribution in [-0.4, -0.2) is 41.5 Å². The van der Waals surface area contributed by atoms with Gasteiger partial charge in [-0.3, -0.25) is 4.40 Å². The molecule has 142 valence electrons. The summed E-state index contributed by atoms with van der Waals surface area (Å²) in [5.74, 6) is 1.10. The molecule has 2 heterocycles. The van der Waals surface area contributed by atoms with Gasteiger partial charge in [-0.15, -0.1) is 0 Å². The summed E-state index contributed by atoms with van der Waals surface area (Å²) in [4.78, 5) is 6.98. The quantitative estimate of drug-likeness (QED) is 0.604. The minimum absolute atomic E-state index is 0.691. The van der Waals surface area contributed by atoms with E-state index in [9.17, 15) is 5.26 Å². The maximum absolute atomic E-state index is 9.83. The summed E-state index contributed by atoms with van der Waals surface area (Å²) in [5.41, 5.74) is 5.73. The SMILES string of the molecule is CCCCc1c(C)c(C#N)c2nc3ccccc3n2c1NCCCN(C)C. The lowest BCUT2D eigenvalue weighted by atomic mass is 9.99. The van der Waals surface area contributed by atoms with Crippen LogP contribution in [0.1, 0.15) is 42.9 Å². The van der Waals surface area contributed by atoms with Gasteiger partial charge in [-0.05, 0) is 70.1 Å². The van der Waals surface area contributed by atoms with Crippen molar-refractivity contribution in [2.75, 3.05) is 32.5 Å². The molecule has 0 spiro atoms. The standard InChI is InChI=1S/C22H29N5/c1-5-6-10-17-16(2)18(15-23)22-25-19-11-7-8-12-20(19)27(22)21(17)24-13-9-14-26(3)4/h7-8,11-12,24H,5-6,9-10,13-14H2,1-4H3. The van der Waals surface area contributed by atoms with Gasteiger partial charge in [0.05, 0.1) is 16.6 Å². The molecule has 1 aromatic carbocycles. The van der Waals surface area contributed by atoms with Gasteiger partial charge in [-0.1, -0.05) is 25.5 Å². The monoisotopic (exact) mass is 363 g/mol. The topological polar surface area (TPSA) is 56.4 Å².